The fourth-order valence-corrected chi connectivity index (χ4v) is 3.29. The van der Waals surface area contributed by atoms with E-state index in [-0.39, 0.29) is 12.3 Å². The van der Waals surface area contributed by atoms with Gasteiger partial charge in [-0.2, -0.15) is 0 Å². The predicted octanol–water partition coefficient (Wildman–Crippen LogP) is 3.33. The number of amidine groups is 1. The second-order valence-electron chi connectivity index (χ2n) is 6.06. The molecule has 136 valence electrons. The lowest BCUT2D eigenvalue weighted by atomic mass is 10.00. The van der Waals surface area contributed by atoms with Gasteiger partial charge in [0.25, 0.3) is 0 Å². The number of hydrogen-bond donors (Lipinski definition) is 0. The maximum Gasteiger partial charge on any atom is 0.356 e. The monoisotopic (exact) mass is 380 g/mol. The van der Waals surface area contributed by atoms with Crippen molar-refractivity contribution in [1.82, 2.24) is 0 Å². The number of aliphatic imine (C=N–C) groups is 1. The van der Waals surface area contributed by atoms with Crippen LogP contribution < -0.4 is 4.90 Å². The first kappa shape index (κ1) is 17.4. The molecule has 2 aromatic rings. The standard InChI is InChI=1S/C20H17ClN4O2/c1-2-27-20(26)16-12-25-17-9-8-14(21)10-15(17)19(13-6-4-3-5-7-13)22-11-18(25)24-23-16/h3-10H,2,11-12H2,1H3. The molecule has 4 rings (SSSR count). The van der Waals surface area contributed by atoms with Crippen molar-refractivity contribution < 1.29 is 9.53 Å². The van der Waals surface area contributed by atoms with Gasteiger partial charge in [-0.1, -0.05) is 41.9 Å². The molecule has 2 aliphatic rings. The van der Waals surface area contributed by atoms with Crippen molar-refractivity contribution in [3.05, 3.63) is 64.7 Å². The van der Waals surface area contributed by atoms with Gasteiger partial charge >= 0.3 is 5.97 Å². The van der Waals surface area contributed by atoms with Gasteiger partial charge in [0, 0.05) is 16.1 Å². The molecule has 7 heteroatoms. The van der Waals surface area contributed by atoms with Crippen molar-refractivity contribution in [1.29, 1.82) is 0 Å². The number of rotatable bonds is 3. The van der Waals surface area contributed by atoms with Crippen LogP contribution >= 0.6 is 11.6 Å². The first-order valence-corrected chi connectivity index (χ1v) is 9.03. The van der Waals surface area contributed by atoms with E-state index in [0.29, 0.717) is 24.0 Å². The maximum absolute atomic E-state index is 12.1. The quantitative estimate of drug-likeness (QED) is 0.767. The molecule has 0 saturated carbocycles. The van der Waals surface area contributed by atoms with Crippen molar-refractivity contribution in [2.24, 2.45) is 15.2 Å². The minimum Gasteiger partial charge on any atom is -0.461 e. The van der Waals surface area contributed by atoms with E-state index in [1.165, 1.54) is 0 Å². The summed E-state index contributed by atoms with van der Waals surface area (Å²) in [6, 6.07) is 15.6. The van der Waals surface area contributed by atoms with Gasteiger partial charge in [0.15, 0.2) is 11.5 Å². The van der Waals surface area contributed by atoms with Crippen molar-refractivity contribution >= 4 is 40.5 Å². The summed E-state index contributed by atoms with van der Waals surface area (Å²) in [5.74, 6) is 0.224. The van der Waals surface area contributed by atoms with Gasteiger partial charge in [-0.15, -0.1) is 10.2 Å². The van der Waals surface area contributed by atoms with Crippen LogP contribution in [0.1, 0.15) is 18.1 Å². The van der Waals surface area contributed by atoms with Crippen LogP contribution in [0.4, 0.5) is 5.69 Å². The third-order valence-corrected chi connectivity index (χ3v) is 4.58. The topological polar surface area (TPSA) is 66.6 Å². The molecule has 6 nitrogen and oxygen atoms in total. The highest BCUT2D eigenvalue weighted by Crippen LogP contribution is 2.30. The van der Waals surface area contributed by atoms with Crippen molar-refractivity contribution in [2.45, 2.75) is 6.92 Å². The number of anilines is 1. The highest BCUT2D eigenvalue weighted by Gasteiger charge is 2.30. The number of benzene rings is 2. The zero-order valence-corrected chi connectivity index (χ0v) is 15.5. The van der Waals surface area contributed by atoms with Gasteiger partial charge in [-0.3, -0.25) is 4.99 Å². The zero-order chi connectivity index (χ0) is 18.8. The SMILES string of the molecule is CCOC(=O)C1=NN=C2CN=C(c3ccccc3)c3cc(Cl)ccc3N2C1. The van der Waals surface area contributed by atoms with E-state index in [9.17, 15) is 4.79 Å². The number of carbonyl (C=O) groups excluding carboxylic acids is 1. The van der Waals surface area contributed by atoms with E-state index in [4.69, 9.17) is 21.3 Å². The second-order valence-corrected chi connectivity index (χ2v) is 6.50. The molecule has 0 atom stereocenters. The Balaban J connectivity index is 1.80. The molecule has 0 saturated heterocycles. The summed E-state index contributed by atoms with van der Waals surface area (Å²) in [5, 5.41) is 8.91. The Hall–Kier alpha value is -2.99. The van der Waals surface area contributed by atoms with E-state index < -0.39 is 5.97 Å². The lowest BCUT2D eigenvalue weighted by Crippen LogP contribution is -2.42. The van der Waals surface area contributed by atoms with Crippen molar-refractivity contribution in [3.63, 3.8) is 0 Å². The molecule has 2 heterocycles. The minimum absolute atomic E-state index is 0.268. The van der Waals surface area contributed by atoms with Crippen LogP contribution in [-0.2, 0) is 9.53 Å². The summed E-state index contributed by atoms with van der Waals surface area (Å²) < 4.78 is 5.07. The lowest BCUT2D eigenvalue weighted by molar-refractivity contribution is -0.135. The molecule has 2 aliphatic heterocycles. The van der Waals surface area contributed by atoms with Crippen molar-refractivity contribution in [2.75, 3.05) is 24.6 Å². The minimum atomic E-state index is -0.454. The molecule has 0 fully saturated rings. The number of ether oxygens (including phenoxy) is 1. The molecular weight excluding hydrogens is 364 g/mol. The molecule has 0 aromatic heterocycles. The van der Waals surface area contributed by atoms with Gasteiger partial charge < -0.3 is 9.64 Å². The number of fused-ring (bicyclic) bond motifs is 3. The fourth-order valence-electron chi connectivity index (χ4n) is 3.12. The smallest absolute Gasteiger partial charge is 0.356 e. The summed E-state index contributed by atoms with van der Waals surface area (Å²) in [6.07, 6.45) is 0. The first-order chi connectivity index (χ1) is 13.2. The van der Waals surface area contributed by atoms with Crippen LogP contribution in [0.25, 0.3) is 0 Å². The van der Waals surface area contributed by atoms with Crippen LogP contribution in [-0.4, -0.2) is 42.9 Å². The average molecular weight is 381 g/mol. The van der Waals surface area contributed by atoms with Crippen molar-refractivity contribution in [3.8, 4) is 0 Å². The molecule has 0 spiro atoms. The maximum atomic E-state index is 12.1. The molecule has 0 amide bonds. The molecule has 2 aromatic carbocycles. The van der Waals surface area contributed by atoms with E-state index >= 15 is 0 Å². The molecular formula is C20H17ClN4O2. The highest BCUT2D eigenvalue weighted by molar-refractivity contribution is 6.39. The zero-order valence-electron chi connectivity index (χ0n) is 14.7. The van der Waals surface area contributed by atoms with Gasteiger partial charge in [0.05, 0.1) is 31.1 Å². The van der Waals surface area contributed by atoms with E-state index in [1.807, 2.05) is 53.4 Å². The van der Waals surface area contributed by atoms with E-state index in [2.05, 4.69) is 10.2 Å². The fraction of sp³-hybridized carbons (Fsp3) is 0.200. The third-order valence-electron chi connectivity index (χ3n) is 4.35. The van der Waals surface area contributed by atoms with Crippen LogP contribution in [0, 0.1) is 0 Å². The number of hydrogen-bond acceptors (Lipinski definition) is 6. The summed E-state index contributed by atoms with van der Waals surface area (Å²) in [6.45, 7) is 2.70. The molecule has 0 radical (unpaired) electrons. The Kier molecular flexibility index (Phi) is 4.73. The Morgan fingerprint density at radius 3 is 2.78 bits per heavy atom. The van der Waals surface area contributed by atoms with Crippen LogP contribution in [0.3, 0.4) is 0 Å². The molecule has 0 N–H and O–H groups in total. The normalized spacial score (nSPS) is 15.6. The van der Waals surface area contributed by atoms with Gasteiger partial charge in [-0.25, -0.2) is 4.79 Å². The van der Waals surface area contributed by atoms with Crippen LogP contribution in [0.2, 0.25) is 5.02 Å². The number of halogens is 1. The Labute approximate surface area is 161 Å². The number of carbonyl (C=O) groups is 1. The molecule has 27 heavy (non-hydrogen) atoms. The largest absolute Gasteiger partial charge is 0.461 e. The summed E-state index contributed by atoms with van der Waals surface area (Å²) in [7, 11) is 0. The summed E-state index contributed by atoms with van der Waals surface area (Å²) in [5.41, 5.74) is 3.87. The van der Waals surface area contributed by atoms with Gasteiger partial charge in [0.1, 0.15) is 0 Å². The number of nitrogens with zero attached hydrogens (tertiary/aromatic N) is 4. The molecule has 0 bridgehead atoms. The first-order valence-electron chi connectivity index (χ1n) is 8.65. The van der Waals surface area contributed by atoms with E-state index in [0.717, 1.165) is 22.5 Å². The second kappa shape index (κ2) is 7.32. The predicted molar refractivity (Wildman–Crippen MR) is 107 cm³/mol. The van der Waals surface area contributed by atoms with Gasteiger partial charge in [0.2, 0.25) is 0 Å². The average Bonchev–Trinajstić information content (AvgIpc) is 2.85. The van der Waals surface area contributed by atoms with E-state index in [1.54, 1.807) is 6.92 Å². The Bertz CT molecular complexity index is 983. The summed E-state index contributed by atoms with van der Waals surface area (Å²) >= 11 is 6.28. The van der Waals surface area contributed by atoms with Crippen LogP contribution in [0.5, 0.6) is 0 Å². The number of esters is 1. The van der Waals surface area contributed by atoms with Gasteiger partial charge in [-0.05, 0) is 25.1 Å². The highest BCUT2D eigenvalue weighted by atomic mass is 35.5. The van der Waals surface area contributed by atoms with Crippen LogP contribution in [0.15, 0.2) is 63.7 Å². The Morgan fingerprint density at radius 1 is 1.19 bits per heavy atom. The third kappa shape index (κ3) is 3.36. The molecule has 0 aliphatic carbocycles. The summed E-state index contributed by atoms with van der Waals surface area (Å²) in [4.78, 5) is 18.8. The Morgan fingerprint density at radius 2 is 2.00 bits per heavy atom. The molecule has 0 unspecified atom stereocenters. The lowest BCUT2D eigenvalue weighted by Gasteiger charge is -2.27.